The zero-order valence-corrected chi connectivity index (χ0v) is 6.30. The summed E-state index contributed by atoms with van der Waals surface area (Å²) in [5.74, 6) is -0.391. The van der Waals surface area contributed by atoms with Gasteiger partial charge >= 0.3 is 5.70 Å². The number of hydrogen-bond acceptors (Lipinski definition) is 5. The summed E-state index contributed by atoms with van der Waals surface area (Å²) in [7, 11) is 0. The number of nitrogens with zero attached hydrogens (tertiary/aromatic N) is 3. The molecule has 1 atom stereocenters. The Labute approximate surface area is 72.0 Å². The van der Waals surface area contributed by atoms with Crippen LogP contribution in [0.2, 0.25) is 0 Å². The number of carbonyl (C=O) groups excluding carboxylic acids is 1. The molecule has 2 aliphatic rings. The Morgan fingerprint density at radius 1 is 1.62 bits per heavy atom. The third kappa shape index (κ3) is 1.01. The lowest BCUT2D eigenvalue weighted by Crippen LogP contribution is -2.41. The molecular formula is C6H4N4O3. The Morgan fingerprint density at radius 2 is 2.38 bits per heavy atom. The molecule has 2 heterocycles. The minimum Gasteiger partial charge on any atom is -0.324 e. The van der Waals surface area contributed by atoms with Gasteiger partial charge in [0.2, 0.25) is 0 Å². The number of rotatable bonds is 1. The van der Waals surface area contributed by atoms with Crippen molar-refractivity contribution in [2.24, 2.45) is 9.98 Å². The van der Waals surface area contributed by atoms with Gasteiger partial charge in [-0.3, -0.25) is 19.9 Å². The molecule has 0 radical (unpaired) electrons. The van der Waals surface area contributed by atoms with Gasteiger partial charge in [-0.25, -0.2) is 4.99 Å². The molecule has 0 saturated heterocycles. The molecule has 0 aliphatic carbocycles. The zero-order valence-electron chi connectivity index (χ0n) is 6.30. The summed E-state index contributed by atoms with van der Waals surface area (Å²) >= 11 is 0. The quantitative estimate of drug-likeness (QED) is 0.417. The molecule has 13 heavy (non-hydrogen) atoms. The van der Waals surface area contributed by atoms with Crippen LogP contribution >= 0.6 is 0 Å². The van der Waals surface area contributed by atoms with Crippen LogP contribution in [-0.4, -0.2) is 28.9 Å². The summed E-state index contributed by atoms with van der Waals surface area (Å²) in [6.07, 6.45) is 2.19. The van der Waals surface area contributed by atoms with Crippen molar-refractivity contribution in [3.8, 4) is 0 Å². The van der Waals surface area contributed by atoms with Crippen LogP contribution in [0.3, 0.4) is 0 Å². The first-order chi connectivity index (χ1) is 6.20. The summed E-state index contributed by atoms with van der Waals surface area (Å²) < 4.78 is 0. The second-order valence-electron chi connectivity index (χ2n) is 2.48. The average Bonchev–Trinajstić information content (AvgIpc) is 2.53. The number of aliphatic imine (C=N–C) groups is 2. The maximum atomic E-state index is 11.1. The second kappa shape index (κ2) is 2.47. The minimum atomic E-state index is -0.842. The van der Waals surface area contributed by atoms with Crippen molar-refractivity contribution in [2.45, 2.75) is 6.04 Å². The van der Waals surface area contributed by atoms with Crippen LogP contribution in [0.4, 0.5) is 0 Å². The predicted octanol–water partition coefficient (Wildman–Crippen LogP) is -0.914. The van der Waals surface area contributed by atoms with Gasteiger partial charge in [-0.05, 0) is 0 Å². The van der Waals surface area contributed by atoms with E-state index in [2.05, 4.69) is 15.3 Å². The third-order valence-corrected chi connectivity index (χ3v) is 1.73. The molecule has 0 aromatic rings. The molecule has 7 nitrogen and oxygen atoms in total. The van der Waals surface area contributed by atoms with E-state index in [9.17, 15) is 14.9 Å². The maximum Gasteiger partial charge on any atom is 0.309 e. The molecule has 2 rings (SSSR count). The number of nitrogens with one attached hydrogen (secondary N) is 1. The molecule has 2 aliphatic heterocycles. The Morgan fingerprint density at radius 3 is 3.08 bits per heavy atom. The van der Waals surface area contributed by atoms with Crippen molar-refractivity contribution in [1.82, 2.24) is 5.32 Å². The van der Waals surface area contributed by atoms with Crippen molar-refractivity contribution in [2.75, 3.05) is 0 Å². The first-order valence-corrected chi connectivity index (χ1v) is 3.45. The number of carbonyl (C=O) groups is 1. The van der Waals surface area contributed by atoms with Crippen molar-refractivity contribution < 1.29 is 9.72 Å². The van der Waals surface area contributed by atoms with Gasteiger partial charge in [0.15, 0.2) is 11.8 Å². The van der Waals surface area contributed by atoms with Crippen LogP contribution in [0.25, 0.3) is 0 Å². The number of nitro groups is 1. The second-order valence-corrected chi connectivity index (χ2v) is 2.48. The van der Waals surface area contributed by atoms with Crippen LogP contribution in [0.15, 0.2) is 21.9 Å². The monoisotopic (exact) mass is 180 g/mol. The van der Waals surface area contributed by atoms with Crippen LogP contribution in [0, 0.1) is 10.1 Å². The van der Waals surface area contributed by atoms with Crippen LogP contribution in [-0.2, 0) is 4.79 Å². The van der Waals surface area contributed by atoms with E-state index in [0.717, 1.165) is 12.5 Å². The van der Waals surface area contributed by atoms with E-state index >= 15 is 0 Å². The molecule has 0 saturated carbocycles. The smallest absolute Gasteiger partial charge is 0.309 e. The standard InChI is InChI=1S/C6H4N4O3/c11-6-5-4(8-2-9-5)3(1-7-6)10(12)13/h1-2,5H,(H,7,11). The van der Waals surface area contributed by atoms with Gasteiger partial charge < -0.3 is 5.32 Å². The molecule has 1 amide bonds. The van der Waals surface area contributed by atoms with Crippen LogP contribution < -0.4 is 5.32 Å². The van der Waals surface area contributed by atoms with Gasteiger partial charge in [0.1, 0.15) is 6.34 Å². The minimum absolute atomic E-state index is 0.105. The van der Waals surface area contributed by atoms with Crippen molar-refractivity contribution >= 4 is 18.0 Å². The highest BCUT2D eigenvalue weighted by Crippen LogP contribution is 2.14. The normalized spacial score (nSPS) is 24.6. The molecule has 0 fully saturated rings. The van der Waals surface area contributed by atoms with Gasteiger partial charge in [-0.15, -0.1) is 0 Å². The van der Waals surface area contributed by atoms with Gasteiger partial charge in [0.05, 0.1) is 11.1 Å². The fourth-order valence-electron chi connectivity index (χ4n) is 1.14. The fourth-order valence-corrected chi connectivity index (χ4v) is 1.14. The van der Waals surface area contributed by atoms with Crippen molar-refractivity contribution in [1.29, 1.82) is 0 Å². The number of fused-ring (bicyclic) bond motifs is 1. The molecular weight excluding hydrogens is 176 g/mol. The van der Waals surface area contributed by atoms with E-state index in [4.69, 9.17) is 0 Å². The molecule has 0 aromatic carbocycles. The Hall–Kier alpha value is -2.05. The SMILES string of the molecule is O=C1NC=C([N+](=O)[O-])C2=NC=NC12. The van der Waals surface area contributed by atoms with E-state index in [1.54, 1.807) is 0 Å². The largest absolute Gasteiger partial charge is 0.324 e. The van der Waals surface area contributed by atoms with Crippen LogP contribution in [0.1, 0.15) is 0 Å². The van der Waals surface area contributed by atoms with E-state index in [0.29, 0.717) is 0 Å². The summed E-state index contributed by atoms with van der Waals surface area (Å²) in [5, 5.41) is 12.7. The zero-order chi connectivity index (χ0) is 9.42. The maximum absolute atomic E-state index is 11.1. The van der Waals surface area contributed by atoms with Gasteiger partial charge in [-0.1, -0.05) is 0 Å². The lowest BCUT2D eigenvalue weighted by Gasteiger charge is -2.12. The molecule has 0 bridgehead atoms. The molecule has 1 N–H and O–H groups in total. The van der Waals surface area contributed by atoms with Gasteiger partial charge in [-0.2, -0.15) is 0 Å². The molecule has 0 spiro atoms. The molecule has 1 unspecified atom stereocenters. The topological polar surface area (TPSA) is 97.0 Å². The van der Waals surface area contributed by atoms with E-state index in [-0.39, 0.29) is 11.4 Å². The van der Waals surface area contributed by atoms with Crippen molar-refractivity contribution in [3.63, 3.8) is 0 Å². The Balaban J connectivity index is 2.43. The van der Waals surface area contributed by atoms with E-state index in [1.165, 1.54) is 0 Å². The average molecular weight is 180 g/mol. The Kier molecular flexibility index (Phi) is 1.44. The predicted molar refractivity (Wildman–Crippen MR) is 42.9 cm³/mol. The Bertz CT molecular complexity index is 381. The van der Waals surface area contributed by atoms with Gasteiger partial charge in [0, 0.05) is 0 Å². The third-order valence-electron chi connectivity index (χ3n) is 1.73. The van der Waals surface area contributed by atoms with Gasteiger partial charge in [0.25, 0.3) is 5.91 Å². The lowest BCUT2D eigenvalue weighted by atomic mass is 10.1. The van der Waals surface area contributed by atoms with Crippen LogP contribution in [0.5, 0.6) is 0 Å². The summed E-state index contributed by atoms with van der Waals surface area (Å²) in [4.78, 5) is 28.3. The number of amides is 1. The lowest BCUT2D eigenvalue weighted by molar-refractivity contribution is -0.415. The highest BCUT2D eigenvalue weighted by atomic mass is 16.6. The number of hydrogen-bond donors (Lipinski definition) is 1. The molecule has 0 aromatic heterocycles. The first kappa shape index (κ1) is 7.59. The highest BCUT2D eigenvalue weighted by Gasteiger charge is 2.38. The van der Waals surface area contributed by atoms with E-state index in [1.807, 2.05) is 0 Å². The summed E-state index contributed by atoms with van der Waals surface area (Å²) in [5.41, 5.74) is -0.101. The van der Waals surface area contributed by atoms with E-state index < -0.39 is 16.9 Å². The first-order valence-electron chi connectivity index (χ1n) is 3.45. The highest BCUT2D eigenvalue weighted by molar-refractivity contribution is 6.21. The fraction of sp³-hybridized carbons (Fsp3) is 0.167. The summed E-state index contributed by atoms with van der Waals surface area (Å²) in [6, 6.07) is -0.842. The summed E-state index contributed by atoms with van der Waals surface area (Å²) in [6.45, 7) is 0. The molecule has 7 heteroatoms. The molecule has 66 valence electrons. The van der Waals surface area contributed by atoms with Crippen molar-refractivity contribution in [3.05, 3.63) is 22.0 Å².